The van der Waals surface area contributed by atoms with Gasteiger partial charge in [-0.25, -0.2) is 0 Å². The molecule has 2 heteroatoms. The van der Waals surface area contributed by atoms with Gasteiger partial charge in [0.25, 0.3) is 0 Å². The van der Waals surface area contributed by atoms with Crippen molar-refractivity contribution in [2.24, 2.45) is 17.8 Å². The maximum atomic E-state index is 10.2. The second-order valence-corrected chi connectivity index (χ2v) is 5.62. The van der Waals surface area contributed by atoms with Gasteiger partial charge >= 0.3 is 0 Å². The van der Waals surface area contributed by atoms with Gasteiger partial charge in [0.15, 0.2) is 0 Å². The molecule has 0 radical (unpaired) electrons. The zero-order valence-corrected chi connectivity index (χ0v) is 10.5. The lowest BCUT2D eigenvalue weighted by Crippen LogP contribution is -2.17. The largest absolute Gasteiger partial charge is 0.392 e. The number of aromatic nitrogens is 1. The van der Waals surface area contributed by atoms with Gasteiger partial charge in [0.1, 0.15) is 0 Å². The predicted molar refractivity (Wildman–Crippen MR) is 67.6 cm³/mol. The van der Waals surface area contributed by atoms with Crippen molar-refractivity contribution in [3.63, 3.8) is 0 Å². The van der Waals surface area contributed by atoms with E-state index >= 15 is 0 Å². The van der Waals surface area contributed by atoms with Gasteiger partial charge in [-0.3, -0.25) is 4.98 Å². The Kier molecular flexibility index (Phi) is 2.91. The molecule has 0 amide bonds. The fourth-order valence-electron chi connectivity index (χ4n) is 3.58. The van der Waals surface area contributed by atoms with Crippen LogP contribution in [0.2, 0.25) is 0 Å². The van der Waals surface area contributed by atoms with Gasteiger partial charge in [0, 0.05) is 18.3 Å². The lowest BCUT2D eigenvalue weighted by Gasteiger charge is -2.12. The Morgan fingerprint density at radius 2 is 2.12 bits per heavy atom. The molecule has 0 spiro atoms. The maximum Gasteiger partial charge on any atom is 0.0629 e. The zero-order chi connectivity index (χ0) is 11.8. The molecule has 3 unspecified atom stereocenters. The van der Waals surface area contributed by atoms with E-state index in [1.807, 2.05) is 6.20 Å². The first kappa shape index (κ1) is 11.2. The maximum absolute atomic E-state index is 10.2. The molecule has 2 aliphatic rings. The van der Waals surface area contributed by atoms with Crippen LogP contribution >= 0.6 is 0 Å². The molecule has 2 fully saturated rings. The molecule has 1 heterocycles. The van der Waals surface area contributed by atoms with E-state index in [1.165, 1.54) is 24.8 Å². The monoisotopic (exact) mass is 231 g/mol. The molecule has 3 rings (SSSR count). The number of pyridine rings is 1. The molecule has 92 valence electrons. The van der Waals surface area contributed by atoms with Crippen molar-refractivity contribution in [3.05, 3.63) is 29.6 Å². The Labute approximate surface area is 103 Å². The van der Waals surface area contributed by atoms with Crippen LogP contribution < -0.4 is 0 Å². The van der Waals surface area contributed by atoms with E-state index in [4.69, 9.17) is 0 Å². The Morgan fingerprint density at radius 1 is 1.35 bits per heavy atom. The molecule has 0 aliphatic heterocycles. The number of hydrogen-bond acceptors (Lipinski definition) is 2. The summed E-state index contributed by atoms with van der Waals surface area (Å²) in [5.41, 5.74) is 2.31. The standard InChI is InChI=1S/C15H21NO/c1-2-10-6-7-11(16-9-10)8-14(17)15-12-4-3-5-13(12)15/h6-7,9,12-15,17H,2-5,8H2,1H3. The van der Waals surface area contributed by atoms with E-state index in [-0.39, 0.29) is 6.10 Å². The fourth-order valence-corrected chi connectivity index (χ4v) is 3.58. The Bertz CT molecular complexity index is 376. The van der Waals surface area contributed by atoms with Crippen molar-refractivity contribution >= 4 is 0 Å². The molecule has 0 aromatic carbocycles. The summed E-state index contributed by atoms with van der Waals surface area (Å²) in [6.07, 6.45) is 7.61. The number of aliphatic hydroxyl groups is 1. The number of fused-ring (bicyclic) bond motifs is 1. The number of aliphatic hydroxyl groups excluding tert-OH is 1. The van der Waals surface area contributed by atoms with Crippen molar-refractivity contribution in [2.45, 2.75) is 45.1 Å². The van der Waals surface area contributed by atoms with Crippen molar-refractivity contribution < 1.29 is 5.11 Å². The van der Waals surface area contributed by atoms with Gasteiger partial charge in [0.2, 0.25) is 0 Å². The highest BCUT2D eigenvalue weighted by Gasteiger charge is 2.55. The fraction of sp³-hybridized carbons (Fsp3) is 0.667. The molecule has 1 N–H and O–H groups in total. The number of hydrogen-bond donors (Lipinski definition) is 1. The van der Waals surface area contributed by atoms with E-state index < -0.39 is 0 Å². The molecule has 3 atom stereocenters. The first-order valence-electron chi connectivity index (χ1n) is 6.91. The van der Waals surface area contributed by atoms with Crippen LogP contribution in [0.25, 0.3) is 0 Å². The summed E-state index contributed by atoms with van der Waals surface area (Å²) in [7, 11) is 0. The first-order valence-corrected chi connectivity index (χ1v) is 6.91. The molecule has 0 bridgehead atoms. The SMILES string of the molecule is CCc1ccc(CC(O)C2C3CCCC32)nc1. The third kappa shape index (κ3) is 2.11. The molecular weight excluding hydrogens is 210 g/mol. The Morgan fingerprint density at radius 3 is 2.71 bits per heavy atom. The van der Waals surface area contributed by atoms with E-state index in [2.05, 4.69) is 24.0 Å². The summed E-state index contributed by atoms with van der Waals surface area (Å²) < 4.78 is 0. The zero-order valence-electron chi connectivity index (χ0n) is 10.5. The van der Waals surface area contributed by atoms with Crippen LogP contribution in [-0.4, -0.2) is 16.2 Å². The third-order valence-corrected chi connectivity index (χ3v) is 4.63. The summed E-state index contributed by atoms with van der Waals surface area (Å²) in [6, 6.07) is 4.20. The quantitative estimate of drug-likeness (QED) is 0.864. The Hall–Kier alpha value is -0.890. The molecule has 1 aromatic heterocycles. The van der Waals surface area contributed by atoms with Gasteiger partial charge < -0.3 is 5.11 Å². The van der Waals surface area contributed by atoms with E-state index in [0.29, 0.717) is 5.92 Å². The lowest BCUT2D eigenvalue weighted by atomic mass is 10.0. The van der Waals surface area contributed by atoms with Gasteiger partial charge in [0.05, 0.1) is 6.10 Å². The number of aryl methyl sites for hydroxylation is 1. The molecule has 1 aromatic rings. The van der Waals surface area contributed by atoms with Crippen molar-refractivity contribution in [1.29, 1.82) is 0 Å². The van der Waals surface area contributed by atoms with Crippen LogP contribution in [0.15, 0.2) is 18.3 Å². The molecule has 2 nitrogen and oxygen atoms in total. The van der Waals surface area contributed by atoms with Crippen LogP contribution in [0.3, 0.4) is 0 Å². The predicted octanol–water partition coefficient (Wildman–Crippen LogP) is 2.59. The molecular formula is C15H21NO. The van der Waals surface area contributed by atoms with E-state index in [9.17, 15) is 5.11 Å². The summed E-state index contributed by atoms with van der Waals surface area (Å²) in [5, 5.41) is 10.2. The van der Waals surface area contributed by atoms with Crippen LogP contribution in [0.5, 0.6) is 0 Å². The Balaban J connectivity index is 1.59. The van der Waals surface area contributed by atoms with Crippen molar-refractivity contribution in [3.8, 4) is 0 Å². The van der Waals surface area contributed by atoms with Crippen molar-refractivity contribution in [2.75, 3.05) is 0 Å². The molecule has 2 aliphatic carbocycles. The van der Waals surface area contributed by atoms with Gasteiger partial charge in [-0.2, -0.15) is 0 Å². The van der Waals surface area contributed by atoms with Crippen LogP contribution in [0, 0.1) is 17.8 Å². The minimum Gasteiger partial charge on any atom is -0.392 e. The minimum absolute atomic E-state index is 0.162. The van der Waals surface area contributed by atoms with Crippen LogP contribution in [0.4, 0.5) is 0 Å². The van der Waals surface area contributed by atoms with Crippen LogP contribution in [0.1, 0.15) is 37.4 Å². The molecule has 0 saturated heterocycles. The third-order valence-electron chi connectivity index (χ3n) is 4.63. The summed E-state index contributed by atoms with van der Waals surface area (Å²) >= 11 is 0. The first-order chi connectivity index (χ1) is 8.29. The smallest absolute Gasteiger partial charge is 0.0629 e. The summed E-state index contributed by atoms with van der Waals surface area (Å²) in [5.74, 6) is 2.25. The number of nitrogens with zero attached hydrogens (tertiary/aromatic N) is 1. The minimum atomic E-state index is -0.162. The average molecular weight is 231 g/mol. The normalized spacial score (nSPS) is 32.2. The van der Waals surface area contributed by atoms with Gasteiger partial charge in [-0.15, -0.1) is 0 Å². The summed E-state index contributed by atoms with van der Waals surface area (Å²) in [6.45, 7) is 2.14. The second kappa shape index (κ2) is 4.41. The molecule has 17 heavy (non-hydrogen) atoms. The lowest BCUT2D eigenvalue weighted by molar-refractivity contribution is 0.134. The summed E-state index contributed by atoms with van der Waals surface area (Å²) in [4.78, 5) is 4.43. The van der Waals surface area contributed by atoms with Crippen molar-refractivity contribution in [1.82, 2.24) is 4.98 Å². The highest BCUT2D eigenvalue weighted by Crippen LogP contribution is 2.59. The average Bonchev–Trinajstić information content (AvgIpc) is 2.85. The van der Waals surface area contributed by atoms with Gasteiger partial charge in [-0.05, 0) is 48.6 Å². The highest BCUT2D eigenvalue weighted by atomic mass is 16.3. The van der Waals surface area contributed by atoms with Gasteiger partial charge in [-0.1, -0.05) is 19.4 Å². The van der Waals surface area contributed by atoms with E-state index in [1.54, 1.807) is 0 Å². The second-order valence-electron chi connectivity index (χ2n) is 5.62. The van der Waals surface area contributed by atoms with E-state index in [0.717, 1.165) is 30.4 Å². The number of rotatable bonds is 4. The van der Waals surface area contributed by atoms with Crippen LogP contribution in [-0.2, 0) is 12.8 Å². The highest BCUT2D eigenvalue weighted by molar-refractivity contribution is 5.15. The molecule has 2 saturated carbocycles. The topological polar surface area (TPSA) is 33.1 Å².